The van der Waals surface area contributed by atoms with E-state index in [9.17, 15) is 0 Å². The summed E-state index contributed by atoms with van der Waals surface area (Å²) in [6, 6.07) is 29.4. The number of nitrogens with zero attached hydrogens (tertiary/aromatic N) is 2. The van der Waals surface area contributed by atoms with Crippen LogP contribution in [0.1, 0.15) is 96.9 Å². The van der Waals surface area contributed by atoms with E-state index in [2.05, 4.69) is 117 Å². The molecule has 1 unspecified atom stereocenters. The lowest BCUT2D eigenvalue weighted by Crippen LogP contribution is -2.19. The Bertz CT molecular complexity index is 2170. The van der Waals surface area contributed by atoms with Crippen molar-refractivity contribution in [3.8, 4) is 11.1 Å². The van der Waals surface area contributed by atoms with Crippen LogP contribution in [-0.2, 0) is 25.8 Å². The molecular weight excluding hydrogens is 607 g/mol. The van der Waals surface area contributed by atoms with E-state index in [0.29, 0.717) is 18.4 Å². The molecule has 6 aromatic rings. The molecular formula is C47H49N3. The topological polar surface area (TPSA) is 51.8 Å². The average molecular weight is 656 g/mol. The zero-order valence-corrected chi connectivity index (χ0v) is 30.3. The van der Waals surface area contributed by atoms with E-state index in [1.165, 1.54) is 72.0 Å². The Kier molecular flexibility index (Phi) is 9.79. The van der Waals surface area contributed by atoms with Gasteiger partial charge in [0.15, 0.2) is 0 Å². The second-order valence-corrected chi connectivity index (χ2v) is 14.2. The lowest BCUT2D eigenvalue weighted by atomic mass is 9.70. The summed E-state index contributed by atoms with van der Waals surface area (Å²) >= 11 is 0. The first-order valence-corrected chi connectivity index (χ1v) is 18.5. The molecule has 0 fully saturated rings. The number of allylic oxidation sites excluding steroid dienone is 4. The van der Waals surface area contributed by atoms with Gasteiger partial charge < -0.3 is 5.73 Å². The van der Waals surface area contributed by atoms with Crippen molar-refractivity contribution >= 4 is 27.2 Å². The molecule has 0 saturated heterocycles. The van der Waals surface area contributed by atoms with Gasteiger partial charge in [0.1, 0.15) is 0 Å². The second-order valence-electron chi connectivity index (χ2n) is 14.2. The maximum atomic E-state index is 6.35. The fourth-order valence-electron chi connectivity index (χ4n) is 8.32. The molecule has 0 spiro atoms. The fourth-order valence-corrected chi connectivity index (χ4v) is 8.32. The molecule has 0 amide bonds. The Morgan fingerprint density at radius 3 is 2.40 bits per heavy atom. The third kappa shape index (κ3) is 6.32. The normalized spacial score (nSPS) is 15.2. The molecule has 8 rings (SSSR count). The van der Waals surface area contributed by atoms with E-state index in [0.717, 1.165) is 43.0 Å². The van der Waals surface area contributed by atoms with E-state index >= 15 is 0 Å². The number of hydrogen-bond acceptors (Lipinski definition) is 3. The zero-order chi connectivity index (χ0) is 34.8. The van der Waals surface area contributed by atoms with Gasteiger partial charge in [0.05, 0.1) is 5.52 Å². The highest BCUT2D eigenvalue weighted by molar-refractivity contribution is 5.98. The third-order valence-corrected chi connectivity index (χ3v) is 10.9. The highest BCUT2D eigenvalue weighted by Gasteiger charge is 2.31. The van der Waals surface area contributed by atoms with Crippen LogP contribution in [0.2, 0.25) is 0 Å². The van der Waals surface area contributed by atoms with Crippen molar-refractivity contribution < 1.29 is 0 Å². The smallest absolute Gasteiger partial charge is 0.0732 e. The van der Waals surface area contributed by atoms with Gasteiger partial charge in [-0.2, -0.15) is 0 Å². The number of benzene rings is 4. The van der Waals surface area contributed by atoms with E-state index < -0.39 is 0 Å². The number of fused-ring (bicyclic) bond motifs is 5. The lowest BCUT2D eigenvalue weighted by molar-refractivity contribution is 0.711. The molecule has 0 aliphatic heterocycles. The minimum absolute atomic E-state index is 0.377. The Labute approximate surface area is 298 Å². The minimum atomic E-state index is 0.377. The SMILES string of the molecule is CCc1cccc(CC)c1-c1cc(C)c2c3c(ccc2c1)C1=C(CCC=C1)C(c1cc(C(C)C)ccc1CN)C3.c1cnc2ccncc2c1. The van der Waals surface area contributed by atoms with Crippen LogP contribution in [0.25, 0.3) is 38.4 Å². The zero-order valence-electron chi connectivity index (χ0n) is 30.3. The molecule has 2 aliphatic rings. The minimum Gasteiger partial charge on any atom is -0.326 e. The van der Waals surface area contributed by atoms with Gasteiger partial charge in [-0.1, -0.05) is 100 Å². The molecule has 0 bridgehead atoms. The summed E-state index contributed by atoms with van der Waals surface area (Å²) in [5.74, 6) is 0.878. The summed E-state index contributed by atoms with van der Waals surface area (Å²) in [6.45, 7) is 12.0. The van der Waals surface area contributed by atoms with Crippen molar-refractivity contribution in [2.75, 3.05) is 0 Å². The first-order valence-electron chi connectivity index (χ1n) is 18.5. The predicted octanol–water partition coefficient (Wildman–Crippen LogP) is 11.6. The van der Waals surface area contributed by atoms with Gasteiger partial charge in [0.2, 0.25) is 0 Å². The highest BCUT2D eigenvalue weighted by Crippen LogP contribution is 2.48. The third-order valence-electron chi connectivity index (χ3n) is 10.9. The van der Waals surface area contributed by atoms with E-state index in [1.807, 2.05) is 24.4 Å². The number of aromatic nitrogens is 2. The second kappa shape index (κ2) is 14.5. The van der Waals surface area contributed by atoms with Crippen molar-refractivity contribution in [1.29, 1.82) is 0 Å². The average Bonchev–Trinajstić information content (AvgIpc) is 3.16. The Hall–Kier alpha value is -4.86. The van der Waals surface area contributed by atoms with Crippen LogP contribution < -0.4 is 5.73 Å². The fraction of sp³-hybridized carbons (Fsp3) is 0.277. The maximum Gasteiger partial charge on any atom is 0.0732 e. The number of pyridine rings is 2. The standard InChI is InChI=1S/C39H43N.C8H6N2/c1-6-26-11-10-12-27(7-2)39(26)31-19-25(5)38-29(20-31)17-18-34-32-13-8-9-14-33(32)36(22-37(34)38)35-21-28(24(3)4)15-16-30(35)23-40;1-2-7-6-9-5-3-8(7)10-4-1/h8,10-13,15-21,24,36H,6-7,9,14,22-23,40H2,1-5H3;1-6H. The Morgan fingerprint density at radius 1 is 0.840 bits per heavy atom. The van der Waals surface area contributed by atoms with Crippen LogP contribution >= 0.6 is 0 Å². The first-order chi connectivity index (χ1) is 24.4. The van der Waals surface area contributed by atoms with Gasteiger partial charge in [-0.05, 0) is 141 Å². The van der Waals surface area contributed by atoms with Crippen molar-refractivity contribution in [2.24, 2.45) is 5.73 Å². The van der Waals surface area contributed by atoms with Gasteiger partial charge in [-0.15, -0.1) is 0 Å². The molecule has 2 aliphatic carbocycles. The summed E-state index contributed by atoms with van der Waals surface area (Å²) in [5.41, 5.74) is 24.5. The molecule has 4 aromatic carbocycles. The van der Waals surface area contributed by atoms with Gasteiger partial charge in [0.25, 0.3) is 0 Å². The van der Waals surface area contributed by atoms with E-state index in [4.69, 9.17) is 5.73 Å². The summed E-state index contributed by atoms with van der Waals surface area (Å²) in [4.78, 5) is 8.11. The molecule has 2 heterocycles. The van der Waals surface area contributed by atoms with E-state index in [-0.39, 0.29) is 0 Å². The summed E-state index contributed by atoms with van der Waals surface area (Å²) < 4.78 is 0. The summed E-state index contributed by atoms with van der Waals surface area (Å²) in [6.07, 6.45) is 15.5. The molecule has 3 nitrogen and oxygen atoms in total. The number of aryl methyl sites for hydroxylation is 3. The van der Waals surface area contributed by atoms with Crippen LogP contribution in [0.4, 0.5) is 0 Å². The Balaban J connectivity index is 0.000000334. The number of nitrogens with two attached hydrogens (primary N) is 1. The van der Waals surface area contributed by atoms with Crippen LogP contribution in [-0.4, -0.2) is 9.97 Å². The van der Waals surface area contributed by atoms with Crippen molar-refractivity contribution in [3.63, 3.8) is 0 Å². The highest BCUT2D eigenvalue weighted by atomic mass is 14.7. The van der Waals surface area contributed by atoms with Crippen LogP contribution in [0.5, 0.6) is 0 Å². The molecule has 2 N–H and O–H groups in total. The van der Waals surface area contributed by atoms with Crippen LogP contribution in [0.3, 0.4) is 0 Å². The molecule has 0 radical (unpaired) electrons. The van der Waals surface area contributed by atoms with Crippen molar-refractivity contribution in [2.45, 2.75) is 85.1 Å². The lowest BCUT2D eigenvalue weighted by Gasteiger charge is -2.34. The van der Waals surface area contributed by atoms with Gasteiger partial charge in [-0.25, -0.2) is 0 Å². The van der Waals surface area contributed by atoms with Gasteiger partial charge >= 0.3 is 0 Å². The summed E-state index contributed by atoms with van der Waals surface area (Å²) in [5, 5.41) is 3.89. The number of hydrogen-bond donors (Lipinski definition) is 1. The van der Waals surface area contributed by atoms with Crippen molar-refractivity contribution in [1.82, 2.24) is 9.97 Å². The Morgan fingerprint density at radius 2 is 1.66 bits per heavy atom. The summed E-state index contributed by atoms with van der Waals surface area (Å²) in [7, 11) is 0. The maximum absolute atomic E-state index is 6.35. The number of rotatable bonds is 6. The van der Waals surface area contributed by atoms with Gasteiger partial charge in [0, 0.05) is 36.4 Å². The molecule has 0 saturated carbocycles. The molecule has 1 atom stereocenters. The molecule has 2 aromatic heterocycles. The molecule has 50 heavy (non-hydrogen) atoms. The molecule has 252 valence electrons. The predicted molar refractivity (Wildman–Crippen MR) is 213 cm³/mol. The van der Waals surface area contributed by atoms with E-state index in [1.54, 1.807) is 18.0 Å². The van der Waals surface area contributed by atoms with Crippen LogP contribution in [0.15, 0.2) is 115 Å². The van der Waals surface area contributed by atoms with Crippen molar-refractivity contribution in [3.05, 3.63) is 160 Å². The quantitative estimate of drug-likeness (QED) is 0.194. The molecule has 3 heteroatoms. The monoisotopic (exact) mass is 655 g/mol. The first kappa shape index (κ1) is 33.6. The van der Waals surface area contributed by atoms with Crippen LogP contribution in [0, 0.1) is 6.92 Å². The van der Waals surface area contributed by atoms with Gasteiger partial charge in [-0.3, -0.25) is 9.97 Å². The largest absolute Gasteiger partial charge is 0.326 e.